The summed E-state index contributed by atoms with van der Waals surface area (Å²) in [5.74, 6) is -0.106. The van der Waals surface area contributed by atoms with Gasteiger partial charge in [0.05, 0.1) is 6.54 Å². The van der Waals surface area contributed by atoms with Crippen LogP contribution in [0.1, 0.15) is 55.1 Å². The molecule has 1 atom stereocenters. The number of hydrogen-bond donors (Lipinski definition) is 1. The zero-order chi connectivity index (χ0) is 21.4. The lowest BCUT2D eigenvalue weighted by Gasteiger charge is -2.49. The molecule has 5 heteroatoms. The summed E-state index contributed by atoms with van der Waals surface area (Å²) in [6.45, 7) is 2.87. The quantitative estimate of drug-likeness (QED) is 0.682. The van der Waals surface area contributed by atoms with Gasteiger partial charge in [0, 0.05) is 23.5 Å². The van der Waals surface area contributed by atoms with Crippen molar-refractivity contribution < 1.29 is 9.59 Å². The summed E-state index contributed by atoms with van der Waals surface area (Å²) in [7, 11) is 0. The smallest absolute Gasteiger partial charge is 0.271 e. The number of amides is 2. The highest BCUT2D eigenvalue weighted by atomic mass is 16.2. The van der Waals surface area contributed by atoms with Crippen LogP contribution in [0.5, 0.6) is 0 Å². The van der Waals surface area contributed by atoms with E-state index >= 15 is 0 Å². The minimum atomic E-state index is -0.928. The minimum Gasteiger partial charge on any atom is -0.350 e. The molecule has 1 aromatic heterocycles. The molecule has 5 nitrogen and oxygen atoms in total. The van der Waals surface area contributed by atoms with Crippen molar-refractivity contribution in [3.05, 3.63) is 71.9 Å². The van der Waals surface area contributed by atoms with E-state index in [0.29, 0.717) is 18.8 Å². The summed E-state index contributed by atoms with van der Waals surface area (Å²) in [6.07, 6.45) is 5.36. The SMILES string of the molecule is CC1(C(=O)NCc2ccccc2)Cn2c(cc3ccccc32)C(=O)N1C1CCCCC1. The second-order valence-electron chi connectivity index (χ2n) is 9.08. The molecule has 0 bridgehead atoms. The van der Waals surface area contributed by atoms with E-state index in [0.717, 1.165) is 42.1 Å². The predicted molar refractivity (Wildman–Crippen MR) is 122 cm³/mol. The van der Waals surface area contributed by atoms with Gasteiger partial charge in [-0.2, -0.15) is 0 Å². The number of nitrogens with one attached hydrogen (secondary N) is 1. The van der Waals surface area contributed by atoms with Gasteiger partial charge in [-0.3, -0.25) is 9.59 Å². The lowest BCUT2D eigenvalue weighted by atomic mass is 9.86. The molecule has 1 unspecified atom stereocenters. The lowest BCUT2D eigenvalue weighted by molar-refractivity contribution is -0.134. The molecule has 2 heterocycles. The van der Waals surface area contributed by atoms with Crippen LogP contribution >= 0.6 is 0 Å². The van der Waals surface area contributed by atoms with Crippen LogP contribution in [-0.4, -0.2) is 32.9 Å². The third-order valence-electron chi connectivity index (χ3n) is 6.97. The van der Waals surface area contributed by atoms with Gasteiger partial charge < -0.3 is 14.8 Å². The van der Waals surface area contributed by atoms with E-state index in [4.69, 9.17) is 0 Å². The largest absolute Gasteiger partial charge is 0.350 e. The number of para-hydroxylation sites is 1. The van der Waals surface area contributed by atoms with Crippen molar-refractivity contribution in [2.45, 2.75) is 63.7 Å². The highest BCUT2D eigenvalue weighted by molar-refractivity contribution is 6.03. The number of benzene rings is 2. The molecular formula is C26H29N3O2. The summed E-state index contributed by atoms with van der Waals surface area (Å²) in [4.78, 5) is 29.4. The van der Waals surface area contributed by atoms with Crippen molar-refractivity contribution in [3.8, 4) is 0 Å². The van der Waals surface area contributed by atoms with E-state index in [-0.39, 0.29) is 17.9 Å². The van der Waals surface area contributed by atoms with Gasteiger partial charge in [-0.1, -0.05) is 67.8 Å². The first kappa shape index (κ1) is 19.9. The molecule has 1 fully saturated rings. The molecular weight excluding hydrogens is 386 g/mol. The third kappa shape index (κ3) is 3.42. The van der Waals surface area contributed by atoms with Gasteiger partial charge in [0.15, 0.2) is 0 Å². The van der Waals surface area contributed by atoms with E-state index in [1.165, 1.54) is 6.42 Å². The summed E-state index contributed by atoms with van der Waals surface area (Å²) < 4.78 is 2.04. The lowest BCUT2D eigenvalue weighted by Crippen LogP contribution is -2.66. The molecule has 0 spiro atoms. The Bertz CT molecular complexity index is 1110. The molecule has 1 aliphatic heterocycles. The zero-order valence-electron chi connectivity index (χ0n) is 18.0. The molecule has 1 aliphatic carbocycles. The molecule has 0 radical (unpaired) electrons. The Kier molecular flexibility index (Phi) is 5.05. The first-order chi connectivity index (χ1) is 15.1. The Balaban J connectivity index is 1.53. The Hall–Kier alpha value is -3.08. The fraction of sp³-hybridized carbons (Fsp3) is 0.385. The van der Waals surface area contributed by atoms with Crippen LogP contribution in [0.4, 0.5) is 0 Å². The number of carbonyl (C=O) groups is 2. The van der Waals surface area contributed by atoms with Gasteiger partial charge in [0.2, 0.25) is 5.91 Å². The number of carbonyl (C=O) groups excluding carboxylic acids is 2. The maximum absolute atomic E-state index is 13.8. The second kappa shape index (κ2) is 7.88. The van der Waals surface area contributed by atoms with E-state index in [2.05, 4.69) is 5.32 Å². The molecule has 1 saturated carbocycles. The molecule has 3 aromatic rings. The van der Waals surface area contributed by atoms with Crippen molar-refractivity contribution in [2.75, 3.05) is 0 Å². The maximum atomic E-state index is 13.8. The fourth-order valence-electron chi connectivity index (χ4n) is 5.35. The fourth-order valence-corrected chi connectivity index (χ4v) is 5.35. The van der Waals surface area contributed by atoms with Crippen LogP contribution in [0, 0.1) is 0 Å². The number of nitrogens with zero attached hydrogens (tertiary/aromatic N) is 2. The Morgan fingerprint density at radius 2 is 1.74 bits per heavy atom. The molecule has 0 saturated heterocycles. The number of rotatable bonds is 4. The average molecular weight is 416 g/mol. The average Bonchev–Trinajstić information content (AvgIpc) is 3.17. The number of aromatic nitrogens is 1. The zero-order valence-corrected chi connectivity index (χ0v) is 18.0. The van der Waals surface area contributed by atoms with E-state index in [1.807, 2.05) is 77.1 Å². The molecule has 2 aliphatic rings. The Morgan fingerprint density at radius 3 is 2.52 bits per heavy atom. The number of fused-ring (bicyclic) bond motifs is 3. The minimum absolute atomic E-state index is 0.0216. The Labute approximate surface area is 183 Å². The molecule has 160 valence electrons. The molecule has 31 heavy (non-hydrogen) atoms. The summed E-state index contributed by atoms with van der Waals surface area (Å²) >= 11 is 0. The molecule has 5 rings (SSSR count). The Morgan fingerprint density at radius 1 is 1.03 bits per heavy atom. The van der Waals surface area contributed by atoms with Crippen LogP contribution in [0.2, 0.25) is 0 Å². The predicted octanol–water partition coefficient (Wildman–Crippen LogP) is 4.50. The van der Waals surface area contributed by atoms with Crippen molar-refractivity contribution >= 4 is 22.7 Å². The standard InChI is InChI=1S/C26H29N3O2/c1-26(25(31)27-17-19-10-4-2-5-11-19)18-28-22-15-9-8-12-20(22)16-23(28)24(30)29(26)21-13-6-3-7-14-21/h2,4-5,8-12,15-16,21H,3,6-7,13-14,17-18H2,1H3,(H,27,31). The van der Waals surface area contributed by atoms with Gasteiger partial charge >= 0.3 is 0 Å². The molecule has 2 amide bonds. The molecule has 1 N–H and O–H groups in total. The first-order valence-electron chi connectivity index (χ1n) is 11.3. The van der Waals surface area contributed by atoms with E-state index < -0.39 is 5.54 Å². The van der Waals surface area contributed by atoms with Crippen LogP contribution in [0.25, 0.3) is 10.9 Å². The second-order valence-corrected chi connectivity index (χ2v) is 9.08. The molecule has 2 aromatic carbocycles. The summed E-state index contributed by atoms with van der Waals surface area (Å²) in [5.41, 5.74) is 1.83. The van der Waals surface area contributed by atoms with Crippen molar-refractivity contribution in [1.29, 1.82) is 0 Å². The van der Waals surface area contributed by atoms with Crippen molar-refractivity contribution in [1.82, 2.24) is 14.8 Å². The van der Waals surface area contributed by atoms with E-state index in [9.17, 15) is 9.59 Å². The maximum Gasteiger partial charge on any atom is 0.271 e. The monoisotopic (exact) mass is 415 g/mol. The van der Waals surface area contributed by atoms with Crippen LogP contribution in [-0.2, 0) is 17.9 Å². The van der Waals surface area contributed by atoms with Gasteiger partial charge in [0.1, 0.15) is 11.2 Å². The first-order valence-corrected chi connectivity index (χ1v) is 11.3. The topological polar surface area (TPSA) is 54.3 Å². The number of hydrogen-bond acceptors (Lipinski definition) is 2. The van der Waals surface area contributed by atoms with Crippen molar-refractivity contribution in [3.63, 3.8) is 0 Å². The van der Waals surface area contributed by atoms with Gasteiger partial charge in [0.25, 0.3) is 5.91 Å². The highest BCUT2D eigenvalue weighted by Gasteiger charge is 2.50. The highest BCUT2D eigenvalue weighted by Crippen LogP contribution is 2.37. The summed E-state index contributed by atoms with van der Waals surface area (Å²) in [6, 6.07) is 20.1. The van der Waals surface area contributed by atoms with Gasteiger partial charge in [-0.15, -0.1) is 0 Å². The normalized spacial score (nSPS) is 21.8. The summed E-state index contributed by atoms with van der Waals surface area (Å²) in [5, 5.41) is 4.17. The van der Waals surface area contributed by atoms with E-state index in [1.54, 1.807) is 0 Å². The van der Waals surface area contributed by atoms with Crippen molar-refractivity contribution in [2.24, 2.45) is 0 Å². The van der Waals surface area contributed by atoms with Gasteiger partial charge in [-0.05, 0) is 37.5 Å². The van der Waals surface area contributed by atoms with Gasteiger partial charge in [-0.25, -0.2) is 0 Å². The van der Waals surface area contributed by atoms with Crippen LogP contribution in [0.3, 0.4) is 0 Å². The third-order valence-corrected chi connectivity index (χ3v) is 6.97. The van der Waals surface area contributed by atoms with Crippen LogP contribution < -0.4 is 5.32 Å². The van der Waals surface area contributed by atoms with Crippen LogP contribution in [0.15, 0.2) is 60.7 Å².